The summed E-state index contributed by atoms with van der Waals surface area (Å²) in [6.07, 6.45) is 0. The van der Waals surface area contributed by atoms with Gasteiger partial charge in [-0.1, -0.05) is 23.7 Å². The van der Waals surface area contributed by atoms with Gasteiger partial charge in [0.25, 0.3) is 0 Å². The zero-order valence-corrected chi connectivity index (χ0v) is 11.9. The molecule has 1 rings (SSSR count). The molecule has 1 aromatic carbocycles. The average molecular weight is 284 g/mol. The summed E-state index contributed by atoms with van der Waals surface area (Å²) in [6.45, 7) is 3.48. The molecule has 1 aromatic rings. The summed E-state index contributed by atoms with van der Waals surface area (Å²) < 4.78 is 0. The van der Waals surface area contributed by atoms with Crippen molar-refractivity contribution in [3.63, 3.8) is 0 Å². The lowest BCUT2D eigenvalue weighted by Gasteiger charge is -2.28. The topological polar surface area (TPSA) is 75.4 Å². The number of rotatable bonds is 4. The second-order valence-electron chi connectivity index (χ2n) is 4.41. The van der Waals surface area contributed by atoms with Crippen LogP contribution in [0.2, 0.25) is 5.02 Å². The molecule has 0 aliphatic heterocycles. The second-order valence-corrected chi connectivity index (χ2v) is 4.85. The number of carbonyl (C=O) groups is 2. The van der Waals surface area contributed by atoms with Gasteiger partial charge >= 0.3 is 6.03 Å². The highest BCUT2D eigenvalue weighted by molar-refractivity contribution is 6.30. The Hall–Kier alpha value is -1.75. The minimum atomic E-state index is -0.718. The maximum Gasteiger partial charge on any atom is 0.312 e. The fourth-order valence-corrected chi connectivity index (χ4v) is 1.96. The van der Waals surface area contributed by atoms with Crippen LogP contribution < -0.4 is 11.1 Å². The normalized spacial score (nSPS) is 13.5. The Bertz CT molecular complexity index is 479. The third-order valence-electron chi connectivity index (χ3n) is 2.99. The van der Waals surface area contributed by atoms with Gasteiger partial charge in [0, 0.05) is 12.1 Å². The summed E-state index contributed by atoms with van der Waals surface area (Å²) >= 11 is 5.93. The van der Waals surface area contributed by atoms with Crippen molar-refractivity contribution in [3.05, 3.63) is 34.9 Å². The number of benzene rings is 1. The van der Waals surface area contributed by atoms with Crippen LogP contribution in [-0.4, -0.2) is 29.9 Å². The van der Waals surface area contributed by atoms with E-state index in [2.05, 4.69) is 5.32 Å². The summed E-state index contributed by atoms with van der Waals surface area (Å²) in [4.78, 5) is 24.4. The number of primary amides is 1. The smallest absolute Gasteiger partial charge is 0.312 e. The summed E-state index contributed by atoms with van der Waals surface area (Å²) in [5.74, 6) is -0.216. The van der Waals surface area contributed by atoms with Crippen molar-refractivity contribution >= 4 is 23.5 Å². The number of likely N-dealkylation sites (N-methyl/N-ethyl adjacent to an activating group) is 1. The van der Waals surface area contributed by atoms with Crippen molar-refractivity contribution in [1.82, 2.24) is 10.2 Å². The Morgan fingerprint density at radius 2 is 2.00 bits per heavy atom. The standard InChI is InChI=1S/C13H18ClN3O2/c1-8(16-13(15)19)12(18)17(3)9(2)10-5-4-6-11(14)7-10/h4-9H,1-3H3,(H3,15,16,19)/t8-,9-/m0/s1. The van der Waals surface area contributed by atoms with E-state index in [9.17, 15) is 9.59 Å². The van der Waals surface area contributed by atoms with Gasteiger partial charge in [0.1, 0.15) is 6.04 Å². The number of amides is 3. The Labute approximate surface area is 117 Å². The van der Waals surface area contributed by atoms with Crippen LogP contribution in [0.25, 0.3) is 0 Å². The zero-order valence-electron chi connectivity index (χ0n) is 11.2. The van der Waals surface area contributed by atoms with Gasteiger partial charge in [0.05, 0.1) is 6.04 Å². The predicted molar refractivity (Wildman–Crippen MR) is 74.8 cm³/mol. The monoisotopic (exact) mass is 283 g/mol. The number of urea groups is 1. The van der Waals surface area contributed by atoms with Gasteiger partial charge < -0.3 is 16.0 Å². The number of nitrogens with one attached hydrogen (secondary N) is 1. The van der Waals surface area contributed by atoms with Crippen LogP contribution in [-0.2, 0) is 4.79 Å². The first kappa shape index (κ1) is 15.3. The van der Waals surface area contributed by atoms with E-state index < -0.39 is 12.1 Å². The number of nitrogens with zero attached hydrogens (tertiary/aromatic N) is 1. The SMILES string of the molecule is C[C@H](NC(N)=O)C(=O)N(C)[C@@H](C)c1cccc(Cl)c1. The summed E-state index contributed by atoms with van der Waals surface area (Å²) in [5, 5.41) is 2.98. The fraction of sp³-hybridized carbons (Fsp3) is 0.385. The van der Waals surface area contributed by atoms with Crippen molar-refractivity contribution < 1.29 is 9.59 Å². The van der Waals surface area contributed by atoms with Gasteiger partial charge in [0.2, 0.25) is 5.91 Å². The van der Waals surface area contributed by atoms with E-state index in [-0.39, 0.29) is 11.9 Å². The molecule has 3 N–H and O–H groups in total. The molecular formula is C13H18ClN3O2. The number of hydrogen-bond acceptors (Lipinski definition) is 2. The lowest BCUT2D eigenvalue weighted by atomic mass is 10.1. The molecule has 0 radical (unpaired) electrons. The molecule has 2 atom stereocenters. The molecule has 0 aliphatic rings. The molecule has 0 saturated heterocycles. The van der Waals surface area contributed by atoms with Gasteiger partial charge in [-0.25, -0.2) is 4.79 Å². The Morgan fingerprint density at radius 3 is 2.53 bits per heavy atom. The van der Waals surface area contributed by atoms with Gasteiger partial charge in [0.15, 0.2) is 0 Å². The molecule has 3 amide bonds. The van der Waals surface area contributed by atoms with Gasteiger partial charge in [-0.2, -0.15) is 0 Å². The average Bonchev–Trinajstić information content (AvgIpc) is 2.35. The molecule has 5 nitrogen and oxygen atoms in total. The minimum absolute atomic E-state index is 0.150. The molecule has 0 unspecified atom stereocenters. The van der Waals surface area contributed by atoms with E-state index in [0.29, 0.717) is 5.02 Å². The van der Waals surface area contributed by atoms with E-state index in [1.54, 1.807) is 24.9 Å². The third kappa shape index (κ3) is 4.13. The van der Waals surface area contributed by atoms with Crippen LogP contribution in [0, 0.1) is 0 Å². The molecule has 104 valence electrons. The van der Waals surface area contributed by atoms with Crippen LogP contribution in [0.3, 0.4) is 0 Å². The van der Waals surface area contributed by atoms with Crippen LogP contribution in [0.4, 0.5) is 4.79 Å². The van der Waals surface area contributed by atoms with E-state index in [4.69, 9.17) is 17.3 Å². The molecule has 0 aliphatic carbocycles. The molecule has 0 aromatic heterocycles. The molecule has 0 spiro atoms. The van der Waals surface area contributed by atoms with Gasteiger partial charge in [-0.15, -0.1) is 0 Å². The number of nitrogens with two attached hydrogens (primary N) is 1. The van der Waals surface area contributed by atoms with Gasteiger partial charge in [-0.05, 0) is 31.5 Å². The van der Waals surface area contributed by atoms with E-state index in [1.807, 2.05) is 25.1 Å². The molecule has 0 fully saturated rings. The molecule has 0 heterocycles. The van der Waals surface area contributed by atoms with E-state index in [0.717, 1.165) is 5.56 Å². The fourth-order valence-electron chi connectivity index (χ4n) is 1.76. The Kier molecular flexibility index (Phi) is 5.18. The highest BCUT2D eigenvalue weighted by atomic mass is 35.5. The molecular weight excluding hydrogens is 266 g/mol. The Morgan fingerprint density at radius 1 is 1.37 bits per heavy atom. The summed E-state index contributed by atoms with van der Waals surface area (Å²) in [5.41, 5.74) is 5.93. The van der Waals surface area contributed by atoms with Crippen molar-refractivity contribution in [1.29, 1.82) is 0 Å². The third-order valence-corrected chi connectivity index (χ3v) is 3.22. The summed E-state index contributed by atoms with van der Waals surface area (Å²) in [7, 11) is 1.67. The van der Waals surface area contributed by atoms with Crippen LogP contribution in [0.1, 0.15) is 25.5 Å². The summed E-state index contributed by atoms with van der Waals surface area (Å²) in [6, 6.07) is 5.78. The molecule has 0 saturated carbocycles. The van der Waals surface area contributed by atoms with Crippen LogP contribution in [0.15, 0.2) is 24.3 Å². The van der Waals surface area contributed by atoms with Crippen molar-refractivity contribution in [2.24, 2.45) is 5.73 Å². The van der Waals surface area contributed by atoms with Crippen LogP contribution >= 0.6 is 11.6 Å². The predicted octanol–water partition coefficient (Wildman–Crippen LogP) is 1.92. The maximum atomic E-state index is 12.1. The zero-order chi connectivity index (χ0) is 14.6. The van der Waals surface area contributed by atoms with E-state index >= 15 is 0 Å². The minimum Gasteiger partial charge on any atom is -0.352 e. The first-order valence-corrected chi connectivity index (χ1v) is 6.28. The van der Waals surface area contributed by atoms with Crippen molar-refractivity contribution in [2.75, 3.05) is 7.05 Å². The highest BCUT2D eigenvalue weighted by Gasteiger charge is 2.23. The molecule has 0 bridgehead atoms. The number of hydrogen-bond donors (Lipinski definition) is 2. The molecule has 19 heavy (non-hydrogen) atoms. The number of halogens is 1. The second kappa shape index (κ2) is 6.43. The largest absolute Gasteiger partial charge is 0.352 e. The maximum absolute atomic E-state index is 12.1. The molecule has 6 heteroatoms. The lowest BCUT2D eigenvalue weighted by Crippen LogP contribution is -2.47. The number of carbonyl (C=O) groups excluding carboxylic acids is 2. The quantitative estimate of drug-likeness (QED) is 0.886. The van der Waals surface area contributed by atoms with Crippen molar-refractivity contribution in [3.8, 4) is 0 Å². The first-order valence-electron chi connectivity index (χ1n) is 5.91. The van der Waals surface area contributed by atoms with Gasteiger partial charge in [-0.3, -0.25) is 4.79 Å². The highest BCUT2D eigenvalue weighted by Crippen LogP contribution is 2.22. The van der Waals surface area contributed by atoms with Crippen LogP contribution in [0.5, 0.6) is 0 Å². The Balaban J connectivity index is 2.79. The first-order chi connectivity index (χ1) is 8.82. The lowest BCUT2D eigenvalue weighted by molar-refractivity contribution is -0.133. The van der Waals surface area contributed by atoms with Crippen molar-refractivity contribution in [2.45, 2.75) is 25.9 Å². The van der Waals surface area contributed by atoms with E-state index in [1.165, 1.54) is 0 Å².